The Bertz CT molecular complexity index is 498. The van der Waals surface area contributed by atoms with Gasteiger partial charge in [-0.3, -0.25) is 9.98 Å². The van der Waals surface area contributed by atoms with E-state index < -0.39 is 0 Å². The second-order valence-corrected chi connectivity index (χ2v) is 6.58. The first-order chi connectivity index (χ1) is 9.22. The zero-order valence-electron chi connectivity index (χ0n) is 11.6. The van der Waals surface area contributed by atoms with Crippen molar-refractivity contribution in [3.8, 4) is 0 Å². The average molecular weight is 275 g/mol. The van der Waals surface area contributed by atoms with Crippen LogP contribution in [0.4, 0.5) is 5.69 Å². The first-order valence-corrected chi connectivity index (χ1v) is 8.13. The Balaban J connectivity index is 1.74. The topological polar surface area (TPSA) is 37.3 Å². The van der Waals surface area contributed by atoms with E-state index in [-0.39, 0.29) is 0 Å². The second kappa shape index (κ2) is 5.53. The molecule has 102 valence electrons. The Hall–Kier alpha value is -1.03. The van der Waals surface area contributed by atoms with Gasteiger partial charge in [-0.2, -0.15) is 0 Å². The van der Waals surface area contributed by atoms with Gasteiger partial charge >= 0.3 is 0 Å². The molecule has 1 saturated carbocycles. The maximum atomic E-state index is 4.90. The van der Waals surface area contributed by atoms with Crippen LogP contribution in [-0.4, -0.2) is 21.9 Å². The zero-order valence-corrected chi connectivity index (χ0v) is 12.5. The van der Waals surface area contributed by atoms with Gasteiger partial charge in [-0.15, -0.1) is 0 Å². The van der Waals surface area contributed by atoms with Crippen LogP contribution in [0.25, 0.3) is 0 Å². The molecule has 4 heteroatoms. The van der Waals surface area contributed by atoms with Gasteiger partial charge in [-0.05, 0) is 44.7 Å². The summed E-state index contributed by atoms with van der Waals surface area (Å²) in [6.07, 6.45) is 5.36. The van der Waals surface area contributed by atoms with Crippen molar-refractivity contribution >= 4 is 22.6 Å². The van der Waals surface area contributed by atoms with E-state index in [2.05, 4.69) is 16.4 Å². The number of pyridine rings is 1. The lowest BCUT2D eigenvalue weighted by molar-refractivity contribution is 0.336. The quantitative estimate of drug-likeness (QED) is 0.847. The molecule has 0 saturated heterocycles. The summed E-state index contributed by atoms with van der Waals surface area (Å²) in [4.78, 5) is 9.40. The first kappa shape index (κ1) is 13.0. The van der Waals surface area contributed by atoms with Gasteiger partial charge in [0, 0.05) is 11.4 Å². The third kappa shape index (κ3) is 2.94. The van der Waals surface area contributed by atoms with E-state index in [1.54, 1.807) is 0 Å². The molecule has 0 spiro atoms. The number of thioether (sulfide) groups is 1. The third-order valence-corrected chi connectivity index (χ3v) is 5.13. The lowest BCUT2D eigenvalue weighted by Crippen LogP contribution is -2.31. The van der Waals surface area contributed by atoms with E-state index in [0.29, 0.717) is 6.04 Å². The standard InChI is InChI=1S/C15H21N3S/c1-10-7-8-13(11(2)16-10)17-15-18-14-6-4-3-5-12(14)9-19-15/h7-8,12,14H,3-6,9H2,1-2H3,(H,17,18). The van der Waals surface area contributed by atoms with E-state index in [4.69, 9.17) is 4.99 Å². The fourth-order valence-electron chi connectivity index (χ4n) is 2.93. The van der Waals surface area contributed by atoms with Gasteiger partial charge in [-0.1, -0.05) is 24.6 Å². The second-order valence-electron chi connectivity index (χ2n) is 5.57. The Morgan fingerprint density at radius 3 is 2.89 bits per heavy atom. The van der Waals surface area contributed by atoms with Gasteiger partial charge in [0.25, 0.3) is 0 Å². The summed E-state index contributed by atoms with van der Waals surface area (Å²) in [5, 5.41) is 4.54. The molecule has 1 aromatic heterocycles. The maximum absolute atomic E-state index is 4.90. The highest BCUT2D eigenvalue weighted by Crippen LogP contribution is 2.34. The van der Waals surface area contributed by atoms with Gasteiger partial charge in [0.15, 0.2) is 5.17 Å². The van der Waals surface area contributed by atoms with Crippen LogP contribution in [0, 0.1) is 19.8 Å². The smallest absolute Gasteiger partial charge is 0.161 e. The van der Waals surface area contributed by atoms with Crippen molar-refractivity contribution in [3.05, 3.63) is 23.5 Å². The fourth-order valence-corrected chi connectivity index (χ4v) is 4.08. The summed E-state index contributed by atoms with van der Waals surface area (Å²) in [6.45, 7) is 4.07. The van der Waals surface area contributed by atoms with Crippen LogP contribution < -0.4 is 5.32 Å². The normalized spacial score (nSPS) is 26.5. The zero-order chi connectivity index (χ0) is 13.2. The van der Waals surface area contributed by atoms with Crippen LogP contribution in [0.2, 0.25) is 0 Å². The van der Waals surface area contributed by atoms with Gasteiger partial charge in [0.2, 0.25) is 0 Å². The van der Waals surface area contributed by atoms with Crippen molar-refractivity contribution in [2.45, 2.75) is 45.6 Å². The van der Waals surface area contributed by atoms with E-state index in [9.17, 15) is 0 Å². The summed E-state index contributed by atoms with van der Waals surface area (Å²) in [5.41, 5.74) is 3.20. The van der Waals surface area contributed by atoms with Crippen LogP contribution in [0.1, 0.15) is 37.1 Å². The molecule has 3 rings (SSSR count). The molecule has 0 amide bonds. The molecule has 3 nitrogen and oxygen atoms in total. The monoisotopic (exact) mass is 275 g/mol. The molecule has 2 atom stereocenters. The number of nitrogens with one attached hydrogen (secondary N) is 1. The van der Waals surface area contributed by atoms with Gasteiger partial charge in [-0.25, -0.2) is 0 Å². The maximum Gasteiger partial charge on any atom is 0.161 e. The van der Waals surface area contributed by atoms with Crippen molar-refractivity contribution in [3.63, 3.8) is 0 Å². The molecule has 2 heterocycles. The minimum atomic E-state index is 0.552. The van der Waals surface area contributed by atoms with Crippen molar-refractivity contribution in [2.75, 3.05) is 11.1 Å². The molecular weight excluding hydrogens is 254 g/mol. The molecule has 2 unspecified atom stereocenters. The summed E-state index contributed by atoms with van der Waals surface area (Å²) < 4.78 is 0. The molecule has 1 fully saturated rings. The van der Waals surface area contributed by atoms with Crippen LogP contribution in [0.3, 0.4) is 0 Å². The molecule has 0 radical (unpaired) electrons. The number of aryl methyl sites for hydroxylation is 2. The van der Waals surface area contributed by atoms with E-state index in [1.165, 1.54) is 31.4 Å². The molecule has 1 N–H and O–H groups in total. The minimum absolute atomic E-state index is 0.552. The number of hydrogen-bond acceptors (Lipinski definition) is 4. The van der Waals surface area contributed by atoms with Crippen LogP contribution in [0.15, 0.2) is 17.1 Å². The van der Waals surface area contributed by atoms with Gasteiger partial charge in [0.1, 0.15) is 0 Å². The number of nitrogens with zero attached hydrogens (tertiary/aromatic N) is 2. The van der Waals surface area contributed by atoms with Crippen molar-refractivity contribution < 1.29 is 0 Å². The highest BCUT2D eigenvalue weighted by Gasteiger charge is 2.29. The van der Waals surface area contributed by atoms with Crippen molar-refractivity contribution in [2.24, 2.45) is 10.9 Å². The third-order valence-electron chi connectivity index (χ3n) is 4.05. The largest absolute Gasteiger partial charge is 0.333 e. The van der Waals surface area contributed by atoms with E-state index >= 15 is 0 Å². The average Bonchev–Trinajstić information content (AvgIpc) is 2.42. The molecular formula is C15H21N3S. The minimum Gasteiger partial charge on any atom is -0.333 e. The van der Waals surface area contributed by atoms with Crippen LogP contribution in [-0.2, 0) is 0 Å². The Kier molecular flexibility index (Phi) is 3.78. The summed E-state index contributed by atoms with van der Waals surface area (Å²) in [5.74, 6) is 2.02. The summed E-state index contributed by atoms with van der Waals surface area (Å²) in [7, 11) is 0. The fraction of sp³-hybridized carbons (Fsp3) is 0.600. The van der Waals surface area contributed by atoms with Crippen molar-refractivity contribution in [1.82, 2.24) is 4.98 Å². The number of aliphatic imine (C=N–C) groups is 1. The Labute approximate surface area is 119 Å². The Morgan fingerprint density at radius 1 is 1.21 bits per heavy atom. The lowest BCUT2D eigenvalue weighted by Gasteiger charge is -2.32. The number of amidine groups is 1. The summed E-state index contributed by atoms with van der Waals surface area (Å²) in [6, 6.07) is 4.71. The molecule has 0 aromatic carbocycles. The first-order valence-electron chi connectivity index (χ1n) is 7.14. The molecule has 2 aliphatic rings. The highest BCUT2D eigenvalue weighted by molar-refractivity contribution is 8.14. The predicted molar refractivity (Wildman–Crippen MR) is 83.0 cm³/mol. The molecule has 1 aliphatic heterocycles. The highest BCUT2D eigenvalue weighted by atomic mass is 32.2. The Morgan fingerprint density at radius 2 is 2.05 bits per heavy atom. The van der Waals surface area contributed by atoms with E-state index in [0.717, 1.165) is 28.2 Å². The van der Waals surface area contributed by atoms with Crippen LogP contribution >= 0.6 is 11.8 Å². The predicted octanol–water partition coefficient (Wildman–Crippen LogP) is 3.77. The van der Waals surface area contributed by atoms with Crippen LogP contribution in [0.5, 0.6) is 0 Å². The number of fused-ring (bicyclic) bond motifs is 1. The number of anilines is 1. The molecule has 0 bridgehead atoms. The number of rotatable bonds is 1. The SMILES string of the molecule is Cc1ccc(NC2=NC3CCCCC3CS2)c(C)n1. The molecule has 1 aliphatic carbocycles. The van der Waals surface area contributed by atoms with Gasteiger partial charge in [0.05, 0.1) is 17.4 Å². The van der Waals surface area contributed by atoms with Gasteiger partial charge < -0.3 is 5.32 Å². The van der Waals surface area contributed by atoms with Crippen molar-refractivity contribution in [1.29, 1.82) is 0 Å². The number of hydrogen-bond donors (Lipinski definition) is 1. The molecule has 1 aromatic rings. The van der Waals surface area contributed by atoms with E-state index in [1.807, 2.05) is 31.7 Å². The molecule has 19 heavy (non-hydrogen) atoms. The number of aromatic nitrogens is 1. The lowest BCUT2D eigenvalue weighted by atomic mass is 9.86. The summed E-state index contributed by atoms with van der Waals surface area (Å²) >= 11 is 1.87.